The lowest BCUT2D eigenvalue weighted by Crippen LogP contribution is -2.35. The van der Waals surface area contributed by atoms with Crippen molar-refractivity contribution in [2.24, 2.45) is 0 Å². The summed E-state index contributed by atoms with van der Waals surface area (Å²) in [4.78, 5) is 29.8. The molecule has 0 unspecified atom stereocenters. The molecule has 1 aromatic carbocycles. The maximum atomic E-state index is 13.0. The van der Waals surface area contributed by atoms with Crippen LogP contribution in [0.2, 0.25) is 0 Å². The summed E-state index contributed by atoms with van der Waals surface area (Å²) < 4.78 is 0. The molecule has 3 aromatic heterocycles. The van der Waals surface area contributed by atoms with E-state index in [2.05, 4.69) is 15.0 Å². The number of hydrogen-bond acceptors (Lipinski definition) is 6. The Morgan fingerprint density at radius 1 is 1.15 bits per heavy atom. The molecular formula is C19H15N5OS. The van der Waals surface area contributed by atoms with Crippen molar-refractivity contribution in [3.63, 3.8) is 0 Å². The molecule has 0 atom stereocenters. The Bertz CT molecular complexity index is 1170. The number of aromatic nitrogens is 3. The van der Waals surface area contributed by atoms with E-state index in [4.69, 9.17) is 5.73 Å². The van der Waals surface area contributed by atoms with Crippen molar-refractivity contribution in [1.82, 2.24) is 19.9 Å². The first-order chi connectivity index (χ1) is 12.7. The highest BCUT2D eigenvalue weighted by atomic mass is 32.1. The highest BCUT2D eigenvalue weighted by Gasteiger charge is 2.27. The van der Waals surface area contributed by atoms with Gasteiger partial charge in [-0.15, -0.1) is 11.3 Å². The van der Waals surface area contributed by atoms with Crippen LogP contribution in [0, 0.1) is 0 Å². The fraction of sp³-hybridized carbons (Fsp3) is 0.158. The van der Waals surface area contributed by atoms with Crippen LogP contribution in [-0.4, -0.2) is 32.3 Å². The van der Waals surface area contributed by atoms with Gasteiger partial charge in [0.25, 0.3) is 5.91 Å². The van der Waals surface area contributed by atoms with Gasteiger partial charge in [-0.2, -0.15) is 0 Å². The Labute approximate surface area is 153 Å². The summed E-state index contributed by atoms with van der Waals surface area (Å²) in [6, 6.07) is 11.6. The molecule has 5 rings (SSSR count). The van der Waals surface area contributed by atoms with Gasteiger partial charge in [0.05, 0.1) is 17.4 Å². The monoisotopic (exact) mass is 361 g/mol. The zero-order valence-electron chi connectivity index (χ0n) is 13.8. The first-order valence-corrected chi connectivity index (χ1v) is 9.18. The molecule has 0 bridgehead atoms. The second-order valence-electron chi connectivity index (χ2n) is 6.31. The van der Waals surface area contributed by atoms with Crippen molar-refractivity contribution in [1.29, 1.82) is 0 Å². The Morgan fingerprint density at radius 3 is 2.96 bits per heavy atom. The standard InChI is InChI=1S/C19H15N5OS/c20-17-16-12-7-8-24(9-15(12)26-18(16)22-10-21-17)19(25)14-6-5-11-3-1-2-4-13(11)23-14/h1-6,10H,7-9H2,(H2,20,21,22). The zero-order chi connectivity index (χ0) is 17.7. The van der Waals surface area contributed by atoms with E-state index in [9.17, 15) is 4.79 Å². The highest BCUT2D eigenvalue weighted by molar-refractivity contribution is 7.19. The third-order valence-corrected chi connectivity index (χ3v) is 5.90. The number of hydrogen-bond donors (Lipinski definition) is 1. The van der Waals surface area contributed by atoms with E-state index < -0.39 is 0 Å². The van der Waals surface area contributed by atoms with E-state index in [0.717, 1.165) is 32.4 Å². The van der Waals surface area contributed by atoms with Crippen LogP contribution in [0.15, 0.2) is 42.7 Å². The van der Waals surface area contributed by atoms with E-state index >= 15 is 0 Å². The predicted octanol–water partition coefficient (Wildman–Crippen LogP) is 3.02. The quantitative estimate of drug-likeness (QED) is 0.563. The highest BCUT2D eigenvalue weighted by Crippen LogP contribution is 2.36. The molecule has 0 saturated carbocycles. The number of carbonyl (C=O) groups is 1. The maximum absolute atomic E-state index is 13.0. The molecule has 0 radical (unpaired) electrons. The number of fused-ring (bicyclic) bond motifs is 4. The molecule has 1 aliphatic rings. The van der Waals surface area contributed by atoms with Crippen molar-refractivity contribution in [2.75, 3.05) is 12.3 Å². The first-order valence-electron chi connectivity index (χ1n) is 8.36. The number of nitrogens with zero attached hydrogens (tertiary/aromatic N) is 4. The Morgan fingerprint density at radius 2 is 2.04 bits per heavy atom. The van der Waals surface area contributed by atoms with Gasteiger partial charge in [0.1, 0.15) is 22.7 Å². The second-order valence-corrected chi connectivity index (χ2v) is 7.39. The van der Waals surface area contributed by atoms with Gasteiger partial charge in [0.15, 0.2) is 0 Å². The summed E-state index contributed by atoms with van der Waals surface area (Å²) in [7, 11) is 0. The van der Waals surface area contributed by atoms with Gasteiger partial charge in [-0.1, -0.05) is 24.3 Å². The van der Waals surface area contributed by atoms with E-state index in [1.165, 1.54) is 11.9 Å². The number of rotatable bonds is 1. The van der Waals surface area contributed by atoms with E-state index in [1.54, 1.807) is 17.4 Å². The summed E-state index contributed by atoms with van der Waals surface area (Å²) >= 11 is 1.59. The van der Waals surface area contributed by atoms with Crippen LogP contribution in [0.5, 0.6) is 0 Å². The van der Waals surface area contributed by atoms with Gasteiger partial charge < -0.3 is 10.6 Å². The molecule has 7 heteroatoms. The maximum Gasteiger partial charge on any atom is 0.272 e. The van der Waals surface area contributed by atoms with Crippen LogP contribution in [0.4, 0.5) is 5.82 Å². The Balaban J connectivity index is 1.49. The fourth-order valence-corrected chi connectivity index (χ4v) is 4.68. The Kier molecular flexibility index (Phi) is 3.36. The van der Waals surface area contributed by atoms with Crippen LogP contribution in [0.3, 0.4) is 0 Å². The fourth-order valence-electron chi connectivity index (χ4n) is 3.47. The van der Waals surface area contributed by atoms with Crippen LogP contribution < -0.4 is 5.73 Å². The molecule has 128 valence electrons. The molecule has 1 aliphatic heterocycles. The lowest BCUT2D eigenvalue weighted by Gasteiger charge is -2.26. The molecule has 0 spiro atoms. The van der Waals surface area contributed by atoms with Gasteiger partial charge in [0.2, 0.25) is 0 Å². The number of carbonyl (C=O) groups excluding carboxylic acids is 1. The van der Waals surface area contributed by atoms with Crippen LogP contribution in [0.25, 0.3) is 21.1 Å². The number of nitrogens with two attached hydrogens (primary N) is 1. The smallest absolute Gasteiger partial charge is 0.272 e. The summed E-state index contributed by atoms with van der Waals surface area (Å²) in [5.74, 6) is 0.474. The minimum atomic E-state index is -0.0436. The molecular weight excluding hydrogens is 346 g/mol. The van der Waals surface area contributed by atoms with Crippen molar-refractivity contribution in [2.45, 2.75) is 13.0 Å². The molecule has 4 aromatic rings. The normalized spacial score (nSPS) is 13.9. The third-order valence-electron chi connectivity index (χ3n) is 4.77. The zero-order valence-corrected chi connectivity index (χ0v) is 14.7. The van der Waals surface area contributed by atoms with E-state index in [0.29, 0.717) is 24.6 Å². The number of anilines is 1. The Hall–Kier alpha value is -3.06. The molecule has 0 fully saturated rings. The summed E-state index contributed by atoms with van der Waals surface area (Å²) in [6.07, 6.45) is 2.24. The minimum absolute atomic E-state index is 0.0436. The van der Waals surface area contributed by atoms with Gasteiger partial charge >= 0.3 is 0 Å². The number of para-hydroxylation sites is 1. The van der Waals surface area contributed by atoms with E-state index in [-0.39, 0.29) is 5.91 Å². The molecule has 26 heavy (non-hydrogen) atoms. The summed E-state index contributed by atoms with van der Waals surface area (Å²) in [6.45, 7) is 1.20. The van der Waals surface area contributed by atoms with Crippen molar-refractivity contribution in [3.05, 3.63) is 58.9 Å². The lowest BCUT2D eigenvalue weighted by molar-refractivity contribution is 0.0732. The molecule has 4 heterocycles. The van der Waals surface area contributed by atoms with Crippen molar-refractivity contribution >= 4 is 44.2 Å². The minimum Gasteiger partial charge on any atom is -0.383 e. The number of pyridine rings is 1. The first kappa shape index (κ1) is 15.2. The van der Waals surface area contributed by atoms with Crippen LogP contribution in [-0.2, 0) is 13.0 Å². The summed E-state index contributed by atoms with van der Waals surface area (Å²) in [5, 5.41) is 1.98. The molecule has 0 saturated heterocycles. The number of thiophene rings is 1. The summed E-state index contributed by atoms with van der Waals surface area (Å²) in [5.41, 5.74) is 8.52. The van der Waals surface area contributed by atoms with Gasteiger partial charge in [0, 0.05) is 16.8 Å². The van der Waals surface area contributed by atoms with Crippen molar-refractivity contribution in [3.8, 4) is 0 Å². The van der Waals surface area contributed by atoms with Crippen molar-refractivity contribution < 1.29 is 4.79 Å². The molecule has 0 aliphatic carbocycles. The molecule has 1 amide bonds. The molecule has 6 nitrogen and oxygen atoms in total. The van der Waals surface area contributed by atoms with Gasteiger partial charge in [-0.25, -0.2) is 15.0 Å². The largest absolute Gasteiger partial charge is 0.383 e. The predicted molar refractivity (Wildman–Crippen MR) is 102 cm³/mol. The average molecular weight is 361 g/mol. The van der Waals surface area contributed by atoms with Crippen LogP contribution in [0.1, 0.15) is 20.9 Å². The number of nitrogen functional groups attached to an aromatic ring is 1. The number of benzene rings is 1. The average Bonchev–Trinajstić information content (AvgIpc) is 3.06. The molecule has 2 N–H and O–H groups in total. The van der Waals surface area contributed by atoms with Crippen LogP contribution >= 0.6 is 11.3 Å². The van der Waals surface area contributed by atoms with Gasteiger partial charge in [-0.3, -0.25) is 4.79 Å². The van der Waals surface area contributed by atoms with Gasteiger partial charge in [-0.05, 0) is 24.1 Å². The second kappa shape index (κ2) is 5.74. The lowest BCUT2D eigenvalue weighted by atomic mass is 10.0. The SMILES string of the molecule is Nc1ncnc2sc3c(c12)CCN(C(=O)c1ccc2ccccc2n1)C3. The third kappa shape index (κ3) is 2.32. The van der Waals surface area contributed by atoms with E-state index in [1.807, 2.05) is 35.2 Å². The number of amides is 1. The topological polar surface area (TPSA) is 85.0 Å².